The molecule has 0 N–H and O–H groups in total. The van der Waals surface area contributed by atoms with E-state index in [-0.39, 0.29) is 11.0 Å². The summed E-state index contributed by atoms with van der Waals surface area (Å²) in [5, 5.41) is -0.235. The maximum absolute atomic E-state index is 13.0. The molecule has 0 amide bonds. The molecule has 2 heteroatoms. The summed E-state index contributed by atoms with van der Waals surface area (Å²) in [7, 11) is 0. The van der Waals surface area contributed by atoms with Crippen molar-refractivity contribution < 1.29 is 4.79 Å². The van der Waals surface area contributed by atoms with E-state index in [0.29, 0.717) is 0 Å². The van der Waals surface area contributed by atoms with Gasteiger partial charge in [-0.05, 0) is 24.6 Å². The average Bonchev–Trinajstić information content (AvgIpc) is 2.62. The van der Waals surface area contributed by atoms with Crippen LogP contribution >= 0.6 is 11.8 Å². The van der Waals surface area contributed by atoms with Gasteiger partial charge in [-0.3, -0.25) is 4.79 Å². The van der Waals surface area contributed by atoms with E-state index in [0.717, 1.165) is 16.0 Å². The van der Waals surface area contributed by atoms with E-state index in [4.69, 9.17) is 0 Å². The van der Waals surface area contributed by atoms with Crippen molar-refractivity contribution in [3.05, 3.63) is 102 Å². The van der Waals surface area contributed by atoms with Crippen molar-refractivity contribution >= 4 is 17.5 Å². The molecule has 1 atom stereocenters. The molecular formula is C21H18OS. The lowest BCUT2D eigenvalue weighted by molar-refractivity contribution is 0.0989. The zero-order valence-electron chi connectivity index (χ0n) is 13.0. The summed E-state index contributed by atoms with van der Waals surface area (Å²) in [6.45, 7) is 2.07. The number of thioether (sulfide) groups is 1. The van der Waals surface area contributed by atoms with Crippen LogP contribution in [-0.4, -0.2) is 5.78 Å². The first-order chi connectivity index (χ1) is 11.2. The molecule has 0 aliphatic rings. The van der Waals surface area contributed by atoms with Crippen LogP contribution in [0.5, 0.6) is 0 Å². The van der Waals surface area contributed by atoms with Gasteiger partial charge in [0.25, 0.3) is 0 Å². The molecule has 23 heavy (non-hydrogen) atoms. The summed E-state index contributed by atoms with van der Waals surface area (Å²) in [4.78, 5) is 14.1. The van der Waals surface area contributed by atoms with Gasteiger partial charge in [0.1, 0.15) is 0 Å². The molecule has 0 aliphatic carbocycles. The lowest BCUT2D eigenvalue weighted by Gasteiger charge is -2.16. The number of hydrogen-bond acceptors (Lipinski definition) is 2. The predicted octanol–water partition coefficient (Wildman–Crippen LogP) is 5.71. The standard InChI is InChI=1S/C21H18OS/c1-16-12-14-19(15-13-16)23-21(18-10-6-3-7-11-18)20(22)17-8-4-2-5-9-17/h2-15,21H,1H3/t21-/m1/s1. The van der Waals surface area contributed by atoms with Crippen molar-refractivity contribution in [1.82, 2.24) is 0 Å². The molecular weight excluding hydrogens is 300 g/mol. The lowest BCUT2D eigenvalue weighted by atomic mass is 10.0. The van der Waals surface area contributed by atoms with Crippen LogP contribution in [0.4, 0.5) is 0 Å². The predicted molar refractivity (Wildman–Crippen MR) is 97.0 cm³/mol. The van der Waals surface area contributed by atoms with Crippen LogP contribution in [0.1, 0.15) is 26.7 Å². The molecule has 0 saturated carbocycles. The summed E-state index contributed by atoms with van der Waals surface area (Å²) in [5.41, 5.74) is 3.01. The number of carbonyl (C=O) groups is 1. The second kappa shape index (κ2) is 7.30. The molecule has 0 heterocycles. The number of aryl methyl sites for hydroxylation is 1. The zero-order chi connectivity index (χ0) is 16.1. The quantitative estimate of drug-likeness (QED) is 0.442. The Labute approximate surface area is 141 Å². The minimum atomic E-state index is -0.235. The van der Waals surface area contributed by atoms with Gasteiger partial charge in [-0.1, -0.05) is 78.4 Å². The topological polar surface area (TPSA) is 17.1 Å². The number of rotatable bonds is 5. The highest BCUT2D eigenvalue weighted by Crippen LogP contribution is 2.37. The maximum atomic E-state index is 13.0. The first-order valence-electron chi connectivity index (χ1n) is 7.61. The third-order valence-electron chi connectivity index (χ3n) is 3.67. The van der Waals surface area contributed by atoms with Gasteiger partial charge in [-0.15, -0.1) is 11.8 Å². The first kappa shape index (κ1) is 15.6. The monoisotopic (exact) mass is 318 g/mol. The fraction of sp³-hybridized carbons (Fsp3) is 0.0952. The van der Waals surface area contributed by atoms with Gasteiger partial charge in [0.2, 0.25) is 0 Å². The molecule has 0 radical (unpaired) electrons. The molecule has 114 valence electrons. The van der Waals surface area contributed by atoms with Crippen LogP contribution in [-0.2, 0) is 0 Å². The van der Waals surface area contributed by atoms with Crippen molar-refractivity contribution in [3.63, 3.8) is 0 Å². The molecule has 3 aromatic carbocycles. The number of benzene rings is 3. The van der Waals surface area contributed by atoms with Crippen molar-refractivity contribution in [3.8, 4) is 0 Å². The second-order valence-corrected chi connectivity index (χ2v) is 6.63. The third kappa shape index (κ3) is 3.91. The summed E-state index contributed by atoms with van der Waals surface area (Å²) in [6, 6.07) is 27.8. The Bertz CT molecular complexity index is 764. The maximum Gasteiger partial charge on any atom is 0.180 e. The van der Waals surface area contributed by atoms with Crippen LogP contribution < -0.4 is 0 Å². The highest BCUT2D eigenvalue weighted by Gasteiger charge is 2.23. The molecule has 0 bridgehead atoms. The molecule has 0 saturated heterocycles. The molecule has 0 fully saturated rings. The normalized spacial score (nSPS) is 11.9. The van der Waals surface area contributed by atoms with Crippen molar-refractivity contribution in [2.24, 2.45) is 0 Å². The van der Waals surface area contributed by atoms with Crippen LogP contribution in [0.25, 0.3) is 0 Å². The Morgan fingerprint density at radius 3 is 1.96 bits per heavy atom. The SMILES string of the molecule is Cc1ccc(S[C@@H](C(=O)c2ccccc2)c2ccccc2)cc1. The summed E-state index contributed by atoms with van der Waals surface area (Å²) >= 11 is 1.60. The minimum Gasteiger partial charge on any atom is -0.293 e. The Morgan fingerprint density at radius 2 is 1.35 bits per heavy atom. The first-order valence-corrected chi connectivity index (χ1v) is 8.49. The van der Waals surface area contributed by atoms with E-state index in [2.05, 4.69) is 31.2 Å². The molecule has 3 rings (SSSR count). The Kier molecular flexibility index (Phi) is 4.94. The molecule has 0 aromatic heterocycles. The largest absolute Gasteiger partial charge is 0.293 e. The fourth-order valence-electron chi connectivity index (χ4n) is 2.41. The van der Waals surface area contributed by atoms with E-state index in [9.17, 15) is 4.79 Å². The van der Waals surface area contributed by atoms with Crippen LogP contribution in [0.15, 0.2) is 89.8 Å². The third-order valence-corrected chi connectivity index (χ3v) is 4.94. The second-order valence-electron chi connectivity index (χ2n) is 5.45. The van der Waals surface area contributed by atoms with Crippen LogP contribution in [0.3, 0.4) is 0 Å². The Balaban J connectivity index is 1.94. The van der Waals surface area contributed by atoms with Gasteiger partial charge in [-0.2, -0.15) is 0 Å². The lowest BCUT2D eigenvalue weighted by Crippen LogP contribution is -2.09. The zero-order valence-corrected chi connectivity index (χ0v) is 13.8. The smallest absolute Gasteiger partial charge is 0.180 e. The average molecular weight is 318 g/mol. The fourth-order valence-corrected chi connectivity index (χ4v) is 3.51. The summed E-state index contributed by atoms with van der Waals surface area (Å²) in [5.74, 6) is 0.141. The number of ketones is 1. The summed E-state index contributed by atoms with van der Waals surface area (Å²) < 4.78 is 0. The minimum absolute atomic E-state index is 0.141. The van der Waals surface area contributed by atoms with Gasteiger partial charge in [0, 0.05) is 10.5 Å². The van der Waals surface area contributed by atoms with Crippen molar-refractivity contribution in [2.75, 3.05) is 0 Å². The molecule has 1 nitrogen and oxygen atoms in total. The van der Waals surface area contributed by atoms with Gasteiger partial charge < -0.3 is 0 Å². The van der Waals surface area contributed by atoms with Crippen molar-refractivity contribution in [2.45, 2.75) is 17.1 Å². The molecule has 0 spiro atoms. The molecule has 0 aliphatic heterocycles. The van der Waals surface area contributed by atoms with Gasteiger partial charge in [0.05, 0.1) is 5.25 Å². The Morgan fingerprint density at radius 1 is 0.783 bits per heavy atom. The van der Waals surface area contributed by atoms with E-state index in [1.54, 1.807) is 11.8 Å². The van der Waals surface area contributed by atoms with Gasteiger partial charge >= 0.3 is 0 Å². The molecule has 0 unspecified atom stereocenters. The molecule has 3 aromatic rings. The summed E-state index contributed by atoms with van der Waals surface area (Å²) in [6.07, 6.45) is 0. The number of hydrogen-bond donors (Lipinski definition) is 0. The number of carbonyl (C=O) groups excluding carboxylic acids is 1. The van der Waals surface area contributed by atoms with E-state index >= 15 is 0 Å². The van der Waals surface area contributed by atoms with E-state index < -0.39 is 0 Å². The highest BCUT2D eigenvalue weighted by atomic mass is 32.2. The van der Waals surface area contributed by atoms with Crippen LogP contribution in [0, 0.1) is 6.92 Å². The van der Waals surface area contributed by atoms with Crippen molar-refractivity contribution in [1.29, 1.82) is 0 Å². The number of Topliss-reactive ketones (excluding diaryl/α,β-unsaturated/α-hetero) is 1. The van der Waals surface area contributed by atoms with Crippen LogP contribution in [0.2, 0.25) is 0 Å². The van der Waals surface area contributed by atoms with Gasteiger partial charge in [0.15, 0.2) is 5.78 Å². The van der Waals surface area contributed by atoms with E-state index in [1.807, 2.05) is 60.7 Å². The highest BCUT2D eigenvalue weighted by molar-refractivity contribution is 8.00. The van der Waals surface area contributed by atoms with E-state index in [1.165, 1.54) is 5.56 Å². The Hall–Kier alpha value is -2.32. The van der Waals surface area contributed by atoms with Gasteiger partial charge in [-0.25, -0.2) is 0 Å².